The molecule has 0 unspecified atom stereocenters. The fourth-order valence-corrected chi connectivity index (χ4v) is 2.38. The van der Waals surface area contributed by atoms with Crippen molar-refractivity contribution in [2.45, 2.75) is 6.61 Å². The maximum atomic E-state index is 11.2. The van der Waals surface area contributed by atoms with Crippen LogP contribution in [0.3, 0.4) is 0 Å². The molecular weight excluding hydrogens is 344 g/mol. The standard InChI is InChI=1S/C15H12BrClO3/c1-19-14-6-5-13(16)12(8-18)15(14)20-9-10-3-2-4-11(17)7-10/h2-8H,9H2,1H3. The second kappa shape index (κ2) is 6.77. The highest BCUT2D eigenvalue weighted by atomic mass is 79.9. The largest absolute Gasteiger partial charge is 0.493 e. The summed E-state index contributed by atoms with van der Waals surface area (Å²) >= 11 is 9.25. The Balaban J connectivity index is 2.28. The number of halogens is 2. The topological polar surface area (TPSA) is 35.5 Å². The zero-order chi connectivity index (χ0) is 14.5. The van der Waals surface area contributed by atoms with Gasteiger partial charge in [0.05, 0.1) is 12.7 Å². The van der Waals surface area contributed by atoms with Crippen molar-refractivity contribution >= 4 is 33.8 Å². The molecule has 0 N–H and O–H groups in total. The minimum atomic E-state index is 0.300. The lowest BCUT2D eigenvalue weighted by Gasteiger charge is -2.13. The first-order valence-electron chi connectivity index (χ1n) is 5.84. The Kier molecular flexibility index (Phi) is 5.04. The first-order chi connectivity index (χ1) is 9.65. The van der Waals surface area contributed by atoms with Crippen LogP contribution >= 0.6 is 27.5 Å². The summed E-state index contributed by atoms with van der Waals surface area (Å²) in [6.07, 6.45) is 0.736. The van der Waals surface area contributed by atoms with Crippen LogP contribution < -0.4 is 9.47 Å². The maximum Gasteiger partial charge on any atom is 0.173 e. The molecule has 3 nitrogen and oxygen atoms in total. The quantitative estimate of drug-likeness (QED) is 0.741. The van der Waals surface area contributed by atoms with E-state index in [1.165, 1.54) is 7.11 Å². The van der Waals surface area contributed by atoms with Crippen LogP contribution in [-0.4, -0.2) is 13.4 Å². The molecule has 2 aromatic rings. The second-order valence-corrected chi connectivity index (χ2v) is 5.32. The molecule has 0 bridgehead atoms. The monoisotopic (exact) mass is 354 g/mol. The van der Waals surface area contributed by atoms with E-state index in [0.29, 0.717) is 33.2 Å². The summed E-state index contributed by atoms with van der Waals surface area (Å²) in [6, 6.07) is 10.8. The van der Waals surface area contributed by atoms with Crippen molar-refractivity contribution in [2.75, 3.05) is 7.11 Å². The lowest BCUT2D eigenvalue weighted by molar-refractivity contribution is 0.111. The van der Waals surface area contributed by atoms with Gasteiger partial charge in [-0.25, -0.2) is 0 Å². The fraction of sp³-hybridized carbons (Fsp3) is 0.133. The van der Waals surface area contributed by atoms with Gasteiger partial charge < -0.3 is 9.47 Å². The average molecular weight is 356 g/mol. The number of ether oxygens (including phenoxy) is 2. The number of carbonyl (C=O) groups excluding carboxylic acids is 1. The molecule has 2 rings (SSSR count). The Hall–Kier alpha value is -1.52. The SMILES string of the molecule is COc1ccc(Br)c(C=O)c1OCc1cccc(Cl)c1. The summed E-state index contributed by atoms with van der Waals surface area (Å²) in [5, 5.41) is 0.642. The number of carbonyl (C=O) groups is 1. The molecule has 0 amide bonds. The van der Waals surface area contributed by atoms with Crippen molar-refractivity contribution < 1.29 is 14.3 Å². The minimum Gasteiger partial charge on any atom is -0.493 e. The lowest BCUT2D eigenvalue weighted by Crippen LogP contribution is -2.01. The summed E-state index contributed by atoms with van der Waals surface area (Å²) in [7, 11) is 1.53. The zero-order valence-electron chi connectivity index (χ0n) is 10.7. The summed E-state index contributed by atoms with van der Waals surface area (Å²) in [5.41, 5.74) is 1.34. The van der Waals surface area contributed by atoms with E-state index in [1.807, 2.05) is 18.2 Å². The van der Waals surface area contributed by atoms with Crippen LogP contribution in [0.5, 0.6) is 11.5 Å². The summed E-state index contributed by atoms with van der Waals surface area (Å²) in [6.45, 7) is 0.300. The molecule has 0 heterocycles. The Bertz CT molecular complexity index is 629. The molecule has 104 valence electrons. The Morgan fingerprint density at radius 3 is 2.75 bits per heavy atom. The van der Waals surface area contributed by atoms with Crippen LogP contribution in [0.1, 0.15) is 15.9 Å². The van der Waals surface area contributed by atoms with Crippen LogP contribution in [0.15, 0.2) is 40.9 Å². The molecule has 0 radical (unpaired) electrons. The number of benzene rings is 2. The van der Waals surface area contributed by atoms with Crippen molar-refractivity contribution in [1.29, 1.82) is 0 Å². The third-order valence-corrected chi connectivity index (χ3v) is 3.64. The van der Waals surface area contributed by atoms with Crippen molar-refractivity contribution in [1.82, 2.24) is 0 Å². The average Bonchev–Trinajstić information content (AvgIpc) is 2.45. The van der Waals surface area contributed by atoms with E-state index in [4.69, 9.17) is 21.1 Å². The lowest BCUT2D eigenvalue weighted by atomic mass is 10.2. The van der Waals surface area contributed by atoms with Crippen LogP contribution in [0, 0.1) is 0 Å². The van der Waals surface area contributed by atoms with Crippen molar-refractivity contribution in [3.05, 3.63) is 57.0 Å². The van der Waals surface area contributed by atoms with Gasteiger partial charge in [-0.15, -0.1) is 0 Å². The summed E-state index contributed by atoms with van der Waals surface area (Å²) in [4.78, 5) is 11.2. The van der Waals surface area contributed by atoms with Gasteiger partial charge in [0.25, 0.3) is 0 Å². The molecule has 0 saturated carbocycles. The van der Waals surface area contributed by atoms with Gasteiger partial charge in [-0.2, -0.15) is 0 Å². The van der Waals surface area contributed by atoms with E-state index in [1.54, 1.807) is 18.2 Å². The highest BCUT2D eigenvalue weighted by Crippen LogP contribution is 2.35. The van der Waals surface area contributed by atoms with E-state index in [0.717, 1.165) is 11.8 Å². The number of hydrogen-bond donors (Lipinski definition) is 0. The minimum absolute atomic E-state index is 0.300. The molecule has 0 atom stereocenters. The molecule has 0 saturated heterocycles. The zero-order valence-corrected chi connectivity index (χ0v) is 13.1. The van der Waals surface area contributed by atoms with E-state index < -0.39 is 0 Å². The molecule has 0 aromatic heterocycles. The third kappa shape index (κ3) is 3.32. The van der Waals surface area contributed by atoms with Gasteiger partial charge in [0.1, 0.15) is 6.61 Å². The van der Waals surface area contributed by atoms with Gasteiger partial charge in [-0.3, -0.25) is 4.79 Å². The van der Waals surface area contributed by atoms with E-state index in [2.05, 4.69) is 15.9 Å². The predicted octanol–water partition coefficient (Wildman–Crippen LogP) is 4.50. The van der Waals surface area contributed by atoms with E-state index in [9.17, 15) is 4.79 Å². The number of aldehydes is 1. The van der Waals surface area contributed by atoms with Gasteiger partial charge in [0.2, 0.25) is 0 Å². The van der Waals surface area contributed by atoms with Crippen molar-refractivity contribution in [3.8, 4) is 11.5 Å². The summed E-state index contributed by atoms with van der Waals surface area (Å²) < 4.78 is 11.6. The highest BCUT2D eigenvalue weighted by molar-refractivity contribution is 9.10. The second-order valence-electron chi connectivity index (χ2n) is 4.03. The smallest absolute Gasteiger partial charge is 0.173 e. The van der Waals surface area contributed by atoms with Crippen LogP contribution in [0.25, 0.3) is 0 Å². The van der Waals surface area contributed by atoms with Gasteiger partial charge in [0.15, 0.2) is 17.8 Å². The molecule has 0 spiro atoms. The number of hydrogen-bond acceptors (Lipinski definition) is 3. The third-order valence-electron chi connectivity index (χ3n) is 2.72. The van der Waals surface area contributed by atoms with Gasteiger partial charge in [-0.05, 0) is 45.8 Å². The molecular formula is C15H12BrClO3. The molecule has 0 aliphatic carbocycles. The Labute approximate surface area is 130 Å². The maximum absolute atomic E-state index is 11.2. The van der Waals surface area contributed by atoms with Crippen LogP contribution in [-0.2, 0) is 6.61 Å². The Morgan fingerprint density at radius 1 is 1.30 bits per heavy atom. The molecule has 0 aliphatic heterocycles. The molecule has 2 aromatic carbocycles. The number of rotatable bonds is 5. The van der Waals surface area contributed by atoms with Gasteiger partial charge in [-0.1, -0.05) is 23.7 Å². The van der Waals surface area contributed by atoms with E-state index >= 15 is 0 Å². The van der Waals surface area contributed by atoms with Crippen LogP contribution in [0.4, 0.5) is 0 Å². The first-order valence-corrected chi connectivity index (χ1v) is 7.01. The molecule has 0 fully saturated rings. The van der Waals surface area contributed by atoms with Crippen molar-refractivity contribution in [3.63, 3.8) is 0 Å². The normalized spacial score (nSPS) is 10.2. The molecule has 20 heavy (non-hydrogen) atoms. The first kappa shape index (κ1) is 14.9. The van der Waals surface area contributed by atoms with Crippen molar-refractivity contribution in [2.24, 2.45) is 0 Å². The fourth-order valence-electron chi connectivity index (χ4n) is 1.76. The van der Waals surface area contributed by atoms with Gasteiger partial charge in [0, 0.05) is 9.50 Å². The van der Waals surface area contributed by atoms with Crippen LogP contribution in [0.2, 0.25) is 5.02 Å². The molecule has 0 aliphatic rings. The van der Waals surface area contributed by atoms with E-state index in [-0.39, 0.29) is 0 Å². The number of methoxy groups -OCH3 is 1. The Morgan fingerprint density at radius 2 is 2.10 bits per heavy atom. The predicted molar refractivity (Wildman–Crippen MR) is 81.9 cm³/mol. The highest BCUT2D eigenvalue weighted by Gasteiger charge is 2.14. The summed E-state index contributed by atoms with van der Waals surface area (Å²) in [5.74, 6) is 0.925. The molecule has 5 heteroatoms. The van der Waals surface area contributed by atoms with Gasteiger partial charge >= 0.3 is 0 Å².